The molecule has 0 radical (unpaired) electrons. The second-order valence-electron chi connectivity index (χ2n) is 9.68. The van der Waals surface area contributed by atoms with Gasteiger partial charge in [0.1, 0.15) is 6.33 Å². The predicted octanol–water partition coefficient (Wildman–Crippen LogP) is 5.73. The van der Waals surface area contributed by atoms with Crippen LogP contribution in [-0.4, -0.2) is 69.4 Å². The van der Waals surface area contributed by atoms with E-state index in [0.29, 0.717) is 16.1 Å². The van der Waals surface area contributed by atoms with Crippen LogP contribution in [0.15, 0.2) is 54.9 Å². The maximum absolute atomic E-state index is 12.2. The molecule has 0 bridgehead atoms. The van der Waals surface area contributed by atoms with E-state index >= 15 is 0 Å². The summed E-state index contributed by atoms with van der Waals surface area (Å²) in [5.74, 6) is 1.09. The van der Waals surface area contributed by atoms with Gasteiger partial charge in [-0.15, -0.1) is 22.6 Å². The van der Waals surface area contributed by atoms with Gasteiger partial charge in [-0.25, -0.2) is 4.79 Å². The Balaban J connectivity index is 0.00000320. The van der Waals surface area contributed by atoms with Gasteiger partial charge in [-0.1, -0.05) is 59.6 Å². The largest absolute Gasteiger partial charge is 0.338 e. The third-order valence-electron chi connectivity index (χ3n) is 7.38. The van der Waals surface area contributed by atoms with E-state index in [9.17, 15) is 4.79 Å². The highest BCUT2D eigenvalue weighted by molar-refractivity contribution is 6.42. The summed E-state index contributed by atoms with van der Waals surface area (Å²) in [4.78, 5) is 16.8. The lowest BCUT2D eigenvalue weighted by molar-refractivity contribution is 0.110. The molecule has 0 aliphatic carbocycles. The third-order valence-corrected chi connectivity index (χ3v) is 8.12. The normalized spacial score (nSPS) is 17.8. The fourth-order valence-electron chi connectivity index (χ4n) is 5.36. The van der Waals surface area contributed by atoms with Crippen LogP contribution in [0.3, 0.4) is 0 Å². The highest BCUT2D eigenvalue weighted by atomic mass is 35.5. The summed E-state index contributed by atoms with van der Waals surface area (Å²) in [7, 11) is 0. The van der Waals surface area contributed by atoms with Gasteiger partial charge in [-0.05, 0) is 49.9 Å². The average molecular weight is 564 g/mol. The van der Waals surface area contributed by atoms with Gasteiger partial charge in [0.05, 0.1) is 10.0 Å². The number of amides is 2. The van der Waals surface area contributed by atoms with Crippen LogP contribution in [-0.2, 0) is 6.54 Å². The first-order valence-corrected chi connectivity index (χ1v) is 13.5. The number of halogens is 3. The molecule has 0 spiro atoms. The standard InChI is InChI=1S/C27H32Cl2N6O.ClH/c28-24-8-7-21(17-25(24)29)22(18-34-19-31-32-26(34)20-5-2-1-3-6-20)9-14-33-15-10-23(11-16-33)35-13-4-12-30-27(35)36;/h1-3,5-8,17,19,22-23H,4,9-16,18H2,(H,30,36);1H. The van der Waals surface area contributed by atoms with E-state index in [2.05, 4.69) is 43.2 Å². The minimum absolute atomic E-state index is 0. The smallest absolute Gasteiger partial charge is 0.317 e. The summed E-state index contributed by atoms with van der Waals surface area (Å²) in [6, 6.07) is 16.5. The molecular formula is C27H33Cl3N6O. The predicted molar refractivity (Wildman–Crippen MR) is 151 cm³/mol. The fourth-order valence-corrected chi connectivity index (χ4v) is 5.66. The first kappa shape index (κ1) is 27.7. The quantitative estimate of drug-likeness (QED) is 0.380. The summed E-state index contributed by atoms with van der Waals surface area (Å²) in [5, 5.41) is 12.7. The summed E-state index contributed by atoms with van der Waals surface area (Å²) in [5.41, 5.74) is 2.21. The van der Waals surface area contributed by atoms with E-state index < -0.39 is 0 Å². The number of carbonyl (C=O) groups is 1. The van der Waals surface area contributed by atoms with Crippen LogP contribution in [0.5, 0.6) is 0 Å². The van der Waals surface area contributed by atoms with E-state index in [0.717, 1.165) is 81.9 Å². The molecule has 2 aliphatic rings. The molecule has 2 aromatic carbocycles. The molecule has 1 atom stereocenters. The summed E-state index contributed by atoms with van der Waals surface area (Å²) in [6.07, 6.45) is 5.86. The van der Waals surface area contributed by atoms with Crippen LogP contribution in [0.25, 0.3) is 11.4 Å². The molecule has 5 rings (SSSR count). The number of urea groups is 1. The van der Waals surface area contributed by atoms with Gasteiger partial charge in [-0.3, -0.25) is 0 Å². The van der Waals surface area contributed by atoms with Crippen molar-refractivity contribution in [1.82, 2.24) is 29.9 Å². The van der Waals surface area contributed by atoms with Crippen LogP contribution in [0.2, 0.25) is 10.0 Å². The molecule has 2 aliphatic heterocycles. The number of nitrogens with zero attached hydrogens (tertiary/aromatic N) is 5. The van der Waals surface area contributed by atoms with E-state index in [4.69, 9.17) is 23.2 Å². The number of likely N-dealkylation sites (tertiary alicyclic amines) is 1. The zero-order valence-corrected chi connectivity index (χ0v) is 23.1. The lowest BCUT2D eigenvalue weighted by Crippen LogP contribution is -2.54. The lowest BCUT2D eigenvalue weighted by atomic mass is 9.94. The van der Waals surface area contributed by atoms with Gasteiger partial charge in [0, 0.05) is 50.2 Å². The molecule has 7 nitrogen and oxygen atoms in total. The highest BCUT2D eigenvalue weighted by Crippen LogP contribution is 2.31. The zero-order chi connectivity index (χ0) is 24.9. The number of hydrogen-bond donors (Lipinski definition) is 1. The number of carbonyl (C=O) groups excluding carboxylic acids is 1. The van der Waals surface area contributed by atoms with Gasteiger partial charge >= 0.3 is 6.03 Å². The molecule has 0 saturated carbocycles. The zero-order valence-electron chi connectivity index (χ0n) is 20.7. The van der Waals surface area contributed by atoms with E-state index in [1.165, 1.54) is 0 Å². The molecule has 3 heterocycles. The van der Waals surface area contributed by atoms with Crippen molar-refractivity contribution in [3.63, 3.8) is 0 Å². The lowest BCUT2D eigenvalue weighted by Gasteiger charge is -2.40. The Hall–Kier alpha value is -2.32. The van der Waals surface area contributed by atoms with Crippen molar-refractivity contribution in [2.45, 2.75) is 44.2 Å². The van der Waals surface area contributed by atoms with Crippen LogP contribution in [0.1, 0.15) is 37.2 Å². The molecule has 2 amide bonds. The molecule has 3 aromatic rings. The molecule has 10 heteroatoms. The molecular weight excluding hydrogens is 531 g/mol. The first-order valence-electron chi connectivity index (χ1n) is 12.7. The van der Waals surface area contributed by atoms with E-state index in [1.54, 1.807) is 0 Å². The Labute approximate surface area is 234 Å². The molecule has 1 N–H and O–H groups in total. The van der Waals surface area contributed by atoms with Crippen LogP contribution in [0, 0.1) is 0 Å². The Bertz CT molecular complexity index is 1170. The van der Waals surface area contributed by atoms with Gasteiger partial charge in [0.2, 0.25) is 0 Å². The summed E-state index contributed by atoms with van der Waals surface area (Å²) in [6.45, 7) is 5.41. The average Bonchev–Trinajstić information content (AvgIpc) is 3.38. The summed E-state index contributed by atoms with van der Waals surface area (Å²) < 4.78 is 2.13. The minimum Gasteiger partial charge on any atom is -0.338 e. The Morgan fingerprint density at radius 2 is 1.81 bits per heavy atom. The van der Waals surface area contributed by atoms with Crippen LogP contribution < -0.4 is 5.32 Å². The maximum atomic E-state index is 12.2. The number of aromatic nitrogens is 3. The molecule has 1 unspecified atom stereocenters. The Morgan fingerprint density at radius 3 is 2.54 bits per heavy atom. The fraction of sp³-hybridized carbons (Fsp3) is 0.444. The third kappa shape index (κ3) is 6.77. The van der Waals surface area contributed by atoms with Gasteiger partial charge < -0.3 is 19.7 Å². The second kappa shape index (κ2) is 13.0. The molecule has 37 heavy (non-hydrogen) atoms. The van der Waals surface area contributed by atoms with Crippen LogP contribution >= 0.6 is 35.6 Å². The summed E-state index contributed by atoms with van der Waals surface area (Å²) >= 11 is 12.6. The van der Waals surface area contributed by atoms with Crippen molar-refractivity contribution < 1.29 is 4.79 Å². The number of rotatable bonds is 8. The van der Waals surface area contributed by atoms with Crippen molar-refractivity contribution in [2.75, 3.05) is 32.7 Å². The van der Waals surface area contributed by atoms with Crippen LogP contribution in [0.4, 0.5) is 4.79 Å². The number of benzene rings is 2. The molecule has 2 saturated heterocycles. The van der Waals surface area contributed by atoms with Gasteiger partial charge in [0.25, 0.3) is 0 Å². The Morgan fingerprint density at radius 1 is 1.03 bits per heavy atom. The van der Waals surface area contributed by atoms with Crippen molar-refractivity contribution in [2.24, 2.45) is 0 Å². The first-order chi connectivity index (χ1) is 17.6. The van der Waals surface area contributed by atoms with Gasteiger partial charge in [0.15, 0.2) is 5.82 Å². The second-order valence-corrected chi connectivity index (χ2v) is 10.5. The number of piperidine rings is 1. The maximum Gasteiger partial charge on any atom is 0.317 e. The van der Waals surface area contributed by atoms with E-state index in [1.807, 2.05) is 41.6 Å². The monoisotopic (exact) mass is 562 g/mol. The topological polar surface area (TPSA) is 66.3 Å². The molecule has 1 aromatic heterocycles. The SMILES string of the molecule is Cl.O=C1NCCCN1C1CCN(CCC(Cn2cnnc2-c2ccccc2)c2ccc(Cl)c(Cl)c2)CC1. The Kier molecular flexibility index (Phi) is 9.71. The van der Waals surface area contributed by atoms with Crippen molar-refractivity contribution in [3.8, 4) is 11.4 Å². The van der Waals surface area contributed by atoms with Crippen molar-refractivity contribution in [1.29, 1.82) is 0 Å². The molecule has 2 fully saturated rings. The highest BCUT2D eigenvalue weighted by Gasteiger charge is 2.29. The minimum atomic E-state index is 0. The number of hydrogen-bond acceptors (Lipinski definition) is 4. The van der Waals surface area contributed by atoms with E-state index in [-0.39, 0.29) is 24.4 Å². The number of nitrogens with one attached hydrogen (secondary N) is 1. The van der Waals surface area contributed by atoms with Crippen molar-refractivity contribution in [3.05, 3.63) is 70.5 Å². The van der Waals surface area contributed by atoms with Gasteiger partial charge in [-0.2, -0.15) is 0 Å². The molecule has 198 valence electrons. The van der Waals surface area contributed by atoms with Crippen molar-refractivity contribution >= 4 is 41.6 Å².